The summed E-state index contributed by atoms with van der Waals surface area (Å²) in [5.41, 5.74) is 0.371. The third-order valence-corrected chi connectivity index (χ3v) is 3.11. The van der Waals surface area contributed by atoms with Gasteiger partial charge in [-0.15, -0.1) is 0 Å². The van der Waals surface area contributed by atoms with Gasteiger partial charge in [0.15, 0.2) is 0 Å². The number of hydrogen-bond acceptors (Lipinski definition) is 3. The molecule has 20 heavy (non-hydrogen) atoms. The number of carbonyl (C=O) groups excluding carboxylic acids is 1. The standard InChI is InChI=1S/C14H17N3O3/c1-4-9-11(12(18)16-14(2,3)13(19)20)17-8-6-5-7-10(17)15-9/h5-8H,4H2,1-3H3,(H,16,18)(H,19,20). The van der Waals surface area contributed by atoms with E-state index < -0.39 is 17.4 Å². The van der Waals surface area contributed by atoms with Crippen LogP contribution in [-0.2, 0) is 11.2 Å². The van der Waals surface area contributed by atoms with E-state index in [0.717, 1.165) is 0 Å². The molecule has 2 aromatic heterocycles. The Bertz CT molecular complexity index is 673. The lowest BCUT2D eigenvalue weighted by atomic mass is 10.1. The fourth-order valence-electron chi connectivity index (χ4n) is 1.93. The van der Waals surface area contributed by atoms with Gasteiger partial charge in [0.25, 0.3) is 5.91 Å². The lowest BCUT2D eigenvalue weighted by molar-refractivity contribution is -0.143. The predicted octanol–water partition coefficient (Wildman–Crippen LogP) is 1.49. The zero-order valence-electron chi connectivity index (χ0n) is 11.7. The van der Waals surface area contributed by atoms with Crippen LogP contribution in [0, 0.1) is 0 Å². The van der Waals surface area contributed by atoms with Gasteiger partial charge in [-0.25, -0.2) is 9.78 Å². The number of hydrogen-bond donors (Lipinski definition) is 2. The smallest absolute Gasteiger partial charge is 0.328 e. The van der Waals surface area contributed by atoms with Gasteiger partial charge in [-0.05, 0) is 32.4 Å². The van der Waals surface area contributed by atoms with Gasteiger partial charge in [-0.2, -0.15) is 0 Å². The van der Waals surface area contributed by atoms with Crippen LogP contribution in [0.1, 0.15) is 37.0 Å². The molecule has 2 N–H and O–H groups in total. The molecular weight excluding hydrogens is 258 g/mol. The highest BCUT2D eigenvalue weighted by Gasteiger charge is 2.31. The van der Waals surface area contributed by atoms with Crippen molar-refractivity contribution in [1.29, 1.82) is 0 Å². The summed E-state index contributed by atoms with van der Waals surface area (Å²) in [6.07, 6.45) is 2.34. The first-order valence-electron chi connectivity index (χ1n) is 6.38. The highest BCUT2D eigenvalue weighted by Crippen LogP contribution is 2.15. The molecule has 0 saturated carbocycles. The van der Waals surface area contributed by atoms with Crippen molar-refractivity contribution in [2.45, 2.75) is 32.7 Å². The van der Waals surface area contributed by atoms with Crippen molar-refractivity contribution in [1.82, 2.24) is 14.7 Å². The summed E-state index contributed by atoms with van der Waals surface area (Å²) in [7, 11) is 0. The minimum atomic E-state index is -1.33. The van der Waals surface area contributed by atoms with Gasteiger partial charge in [0.2, 0.25) is 0 Å². The largest absolute Gasteiger partial charge is 0.480 e. The summed E-state index contributed by atoms with van der Waals surface area (Å²) in [6.45, 7) is 4.80. The Balaban J connectivity index is 2.46. The van der Waals surface area contributed by atoms with Crippen molar-refractivity contribution in [2.75, 3.05) is 0 Å². The molecule has 6 heteroatoms. The van der Waals surface area contributed by atoms with Crippen molar-refractivity contribution in [3.8, 4) is 0 Å². The number of rotatable bonds is 4. The summed E-state index contributed by atoms with van der Waals surface area (Å²) < 4.78 is 1.67. The van der Waals surface area contributed by atoms with Crippen molar-refractivity contribution in [2.24, 2.45) is 0 Å². The summed E-state index contributed by atoms with van der Waals surface area (Å²) >= 11 is 0. The highest BCUT2D eigenvalue weighted by molar-refractivity contribution is 5.98. The van der Waals surface area contributed by atoms with E-state index in [1.54, 1.807) is 22.7 Å². The molecule has 0 aliphatic heterocycles. The SMILES string of the molecule is CCc1nc2ccccn2c1C(=O)NC(C)(C)C(=O)O. The third-order valence-electron chi connectivity index (χ3n) is 3.11. The molecule has 0 aliphatic carbocycles. The average Bonchev–Trinajstić information content (AvgIpc) is 2.76. The molecule has 1 amide bonds. The molecule has 0 radical (unpaired) electrons. The van der Waals surface area contributed by atoms with Gasteiger partial charge >= 0.3 is 5.97 Å². The number of carbonyl (C=O) groups is 2. The monoisotopic (exact) mass is 275 g/mol. The fraction of sp³-hybridized carbons (Fsp3) is 0.357. The van der Waals surface area contributed by atoms with Crippen LogP contribution in [0.25, 0.3) is 5.65 Å². The Labute approximate surface area is 116 Å². The average molecular weight is 275 g/mol. The minimum absolute atomic E-state index is 0.387. The molecule has 0 unspecified atom stereocenters. The summed E-state index contributed by atoms with van der Waals surface area (Å²) in [6, 6.07) is 5.44. The molecule has 0 saturated heterocycles. The quantitative estimate of drug-likeness (QED) is 0.885. The Morgan fingerprint density at radius 2 is 2.10 bits per heavy atom. The van der Waals surface area contributed by atoms with Gasteiger partial charge in [0, 0.05) is 6.20 Å². The summed E-state index contributed by atoms with van der Waals surface area (Å²) in [5.74, 6) is -1.52. The van der Waals surface area contributed by atoms with Gasteiger partial charge < -0.3 is 10.4 Å². The van der Waals surface area contributed by atoms with E-state index in [1.807, 2.05) is 13.0 Å². The molecule has 0 fully saturated rings. The van der Waals surface area contributed by atoms with Gasteiger partial charge in [0.1, 0.15) is 16.9 Å². The second-order valence-corrected chi connectivity index (χ2v) is 5.07. The summed E-state index contributed by atoms with van der Waals surface area (Å²) in [4.78, 5) is 27.9. The maximum atomic E-state index is 12.4. The topological polar surface area (TPSA) is 83.7 Å². The van der Waals surface area contributed by atoms with E-state index in [1.165, 1.54) is 13.8 Å². The van der Waals surface area contributed by atoms with Gasteiger partial charge in [-0.1, -0.05) is 13.0 Å². The van der Waals surface area contributed by atoms with Gasteiger partial charge in [-0.3, -0.25) is 9.20 Å². The molecule has 106 valence electrons. The van der Waals surface area contributed by atoms with E-state index in [2.05, 4.69) is 10.3 Å². The van der Waals surface area contributed by atoms with Crippen molar-refractivity contribution in [3.05, 3.63) is 35.8 Å². The number of fused-ring (bicyclic) bond motifs is 1. The number of aliphatic carboxylic acids is 1. The number of carboxylic acids is 1. The number of nitrogens with zero attached hydrogens (tertiary/aromatic N) is 2. The Kier molecular flexibility index (Phi) is 3.48. The Morgan fingerprint density at radius 1 is 1.40 bits per heavy atom. The number of aromatic nitrogens is 2. The zero-order valence-corrected chi connectivity index (χ0v) is 11.7. The second kappa shape index (κ2) is 4.96. The lowest BCUT2D eigenvalue weighted by Gasteiger charge is -2.21. The third kappa shape index (κ3) is 2.36. The van der Waals surface area contributed by atoms with Crippen molar-refractivity contribution < 1.29 is 14.7 Å². The van der Waals surface area contributed by atoms with E-state index in [4.69, 9.17) is 5.11 Å². The summed E-state index contributed by atoms with van der Waals surface area (Å²) in [5, 5.41) is 11.6. The van der Waals surface area contributed by atoms with Crippen molar-refractivity contribution in [3.63, 3.8) is 0 Å². The number of amides is 1. The normalized spacial score (nSPS) is 11.6. The van der Waals surface area contributed by atoms with Crippen LogP contribution < -0.4 is 5.32 Å². The molecule has 6 nitrogen and oxygen atoms in total. The molecule has 0 bridgehead atoms. The Hall–Kier alpha value is -2.37. The number of carboxylic acid groups (broad SMARTS) is 1. The Morgan fingerprint density at radius 3 is 2.70 bits per heavy atom. The van der Waals surface area contributed by atoms with Crippen molar-refractivity contribution >= 4 is 17.5 Å². The van der Waals surface area contributed by atoms with Crippen LogP contribution in [-0.4, -0.2) is 31.9 Å². The van der Waals surface area contributed by atoms with Crippen LogP contribution in [0.5, 0.6) is 0 Å². The second-order valence-electron chi connectivity index (χ2n) is 5.07. The number of pyridine rings is 1. The minimum Gasteiger partial charge on any atom is -0.480 e. The van der Waals surface area contributed by atoms with Crippen LogP contribution in [0.2, 0.25) is 0 Å². The molecule has 2 heterocycles. The predicted molar refractivity (Wildman–Crippen MR) is 73.8 cm³/mol. The number of imidazole rings is 1. The number of nitrogens with one attached hydrogen (secondary N) is 1. The number of aryl methyl sites for hydroxylation is 1. The van der Waals surface area contributed by atoms with Crippen LogP contribution in [0.3, 0.4) is 0 Å². The lowest BCUT2D eigenvalue weighted by Crippen LogP contribution is -2.50. The van der Waals surface area contributed by atoms with E-state index in [-0.39, 0.29) is 0 Å². The van der Waals surface area contributed by atoms with Gasteiger partial charge in [0.05, 0.1) is 5.69 Å². The fourth-order valence-corrected chi connectivity index (χ4v) is 1.93. The maximum Gasteiger partial charge on any atom is 0.328 e. The molecule has 0 aliphatic rings. The van der Waals surface area contributed by atoms with Crippen LogP contribution >= 0.6 is 0 Å². The first-order chi connectivity index (χ1) is 9.36. The zero-order chi connectivity index (χ0) is 14.9. The molecule has 2 aromatic rings. The highest BCUT2D eigenvalue weighted by atomic mass is 16.4. The van der Waals surface area contributed by atoms with Crippen LogP contribution in [0.15, 0.2) is 24.4 Å². The van der Waals surface area contributed by atoms with E-state index in [0.29, 0.717) is 23.5 Å². The first-order valence-corrected chi connectivity index (χ1v) is 6.38. The maximum absolute atomic E-state index is 12.4. The first kappa shape index (κ1) is 14.0. The molecular formula is C14H17N3O3. The van der Waals surface area contributed by atoms with E-state index >= 15 is 0 Å². The molecule has 0 spiro atoms. The molecule has 0 atom stereocenters. The van der Waals surface area contributed by atoms with E-state index in [9.17, 15) is 9.59 Å². The van der Waals surface area contributed by atoms with Crippen LogP contribution in [0.4, 0.5) is 0 Å². The molecule has 0 aromatic carbocycles. The molecule has 2 rings (SSSR count).